The van der Waals surface area contributed by atoms with Crippen LogP contribution in [0.5, 0.6) is 0 Å². The summed E-state index contributed by atoms with van der Waals surface area (Å²) in [7, 11) is 0. The number of hydrogen-bond acceptors (Lipinski definition) is 2. The van der Waals surface area contributed by atoms with Crippen LogP contribution in [0.15, 0.2) is 24.4 Å². The molecule has 92 valence electrons. The summed E-state index contributed by atoms with van der Waals surface area (Å²) < 4.78 is 0. The van der Waals surface area contributed by atoms with Gasteiger partial charge in [-0.25, -0.2) is 0 Å². The molecule has 1 heterocycles. The molecule has 1 aromatic carbocycles. The highest BCUT2D eigenvalue weighted by Gasteiger charge is 2.24. The number of nitrogens with one attached hydrogen (secondary N) is 2. The predicted molar refractivity (Wildman–Crippen MR) is 72.4 cm³/mol. The summed E-state index contributed by atoms with van der Waals surface area (Å²) in [5.41, 5.74) is 2.46. The third-order valence-corrected chi connectivity index (χ3v) is 3.47. The molecule has 1 fully saturated rings. The summed E-state index contributed by atoms with van der Waals surface area (Å²) in [6.45, 7) is 3.28. The highest BCUT2D eigenvalue weighted by molar-refractivity contribution is 5.85. The third kappa shape index (κ3) is 2.61. The molecule has 1 aliphatic carbocycles. The first-order valence-electron chi connectivity index (χ1n) is 5.96. The molecule has 0 bridgehead atoms. The van der Waals surface area contributed by atoms with Crippen molar-refractivity contribution in [1.29, 1.82) is 0 Å². The first kappa shape index (κ1) is 12.4. The molecule has 2 aromatic rings. The van der Waals surface area contributed by atoms with E-state index < -0.39 is 0 Å². The Balaban J connectivity index is 0.00000108. The van der Waals surface area contributed by atoms with Gasteiger partial charge in [0.2, 0.25) is 0 Å². The quantitative estimate of drug-likeness (QED) is 0.881. The molecule has 0 aliphatic heterocycles. The van der Waals surface area contributed by atoms with Gasteiger partial charge in [0, 0.05) is 18.0 Å². The Kier molecular flexibility index (Phi) is 3.69. The van der Waals surface area contributed by atoms with E-state index in [0.717, 1.165) is 24.0 Å². The Hall–Kier alpha value is -1.06. The van der Waals surface area contributed by atoms with Gasteiger partial charge < -0.3 is 5.32 Å². The zero-order valence-corrected chi connectivity index (χ0v) is 10.8. The summed E-state index contributed by atoms with van der Waals surface area (Å²) in [4.78, 5) is 0. The summed E-state index contributed by atoms with van der Waals surface area (Å²) in [5.74, 6) is 0.910. The van der Waals surface area contributed by atoms with Crippen LogP contribution in [0.2, 0.25) is 0 Å². The van der Waals surface area contributed by atoms with Crippen LogP contribution in [-0.2, 0) is 6.54 Å². The van der Waals surface area contributed by atoms with Crippen molar-refractivity contribution in [3.63, 3.8) is 0 Å². The van der Waals surface area contributed by atoms with Gasteiger partial charge in [-0.05, 0) is 30.4 Å². The first-order chi connectivity index (χ1) is 7.81. The second kappa shape index (κ2) is 5.07. The Morgan fingerprint density at radius 1 is 1.41 bits per heavy atom. The molecule has 3 nitrogen and oxygen atoms in total. The molecule has 0 spiro atoms. The highest BCUT2D eigenvalue weighted by atomic mass is 35.5. The van der Waals surface area contributed by atoms with Crippen LogP contribution in [0, 0.1) is 5.92 Å². The molecule has 0 unspecified atom stereocenters. The van der Waals surface area contributed by atoms with Gasteiger partial charge in [-0.3, -0.25) is 5.10 Å². The second-order valence-electron chi connectivity index (χ2n) is 4.95. The highest BCUT2D eigenvalue weighted by Crippen LogP contribution is 2.26. The van der Waals surface area contributed by atoms with Gasteiger partial charge >= 0.3 is 0 Å². The number of aromatic amines is 1. The average molecular weight is 252 g/mol. The Morgan fingerprint density at radius 2 is 2.24 bits per heavy atom. The Morgan fingerprint density at radius 3 is 3.00 bits per heavy atom. The summed E-state index contributed by atoms with van der Waals surface area (Å²) >= 11 is 0. The van der Waals surface area contributed by atoms with E-state index in [1.165, 1.54) is 23.8 Å². The molecule has 0 atom stereocenters. The standard InChI is InChI=1S/C13H17N3.ClH/c1-9-4-12(5-9)14-7-10-2-3-11-8-15-16-13(11)6-10;/h2-3,6,8-9,12,14H,4-5,7H2,1H3,(H,15,16);1H. The van der Waals surface area contributed by atoms with Crippen molar-refractivity contribution >= 4 is 23.3 Å². The minimum atomic E-state index is 0. The zero-order chi connectivity index (χ0) is 11.0. The molecule has 0 radical (unpaired) electrons. The van der Waals surface area contributed by atoms with Crippen molar-refractivity contribution in [2.75, 3.05) is 0 Å². The number of rotatable bonds is 3. The minimum absolute atomic E-state index is 0. The van der Waals surface area contributed by atoms with E-state index in [2.05, 4.69) is 40.6 Å². The summed E-state index contributed by atoms with van der Waals surface area (Å²) in [6, 6.07) is 7.20. The van der Waals surface area contributed by atoms with Crippen LogP contribution in [0.1, 0.15) is 25.3 Å². The van der Waals surface area contributed by atoms with Gasteiger partial charge in [-0.2, -0.15) is 5.10 Å². The molecule has 0 saturated heterocycles. The number of halogens is 1. The van der Waals surface area contributed by atoms with Crippen molar-refractivity contribution in [3.05, 3.63) is 30.0 Å². The lowest BCUT2D eigenvalue weighted by Gasteiger charge is -2.33. The molecule has 4 heteroatoms. The maximum Gasteiger partial charge on any atom is 0.0653 e. The van der Waals surface area contributed by atoms with Crippen molar-refractivity contribution in [3.8, 4) is 0 Å². The maximum absolute atomic E-state index is 4.03. The lowest BCUT2D eigenvalue weighted by atomic mass is 9.82. The average Bonchev–Trinajstić information content (AvgIpc) is 2.69. The van der Waals surface area contributed by atoms with Crippen LogP contribution < -0.4 is 5.32 Å². The molecular formula is C13H18ClN3. The number of H-pyrrole nitrogens is 1. The van der Waals surface area contributed by atoms with Crippen molar-refractivity contribution in [2.24, 2.45) is 5.92 Å². The van der Waals surface area contributed by atoms with E-state index in [0.29, 0.717) is 0 Å². The minimum Gasteiger partial charge on any atom is -0.310 e. The van der Waals surface area contributed by atoms with E-state index in [9.17, 15) is 0 Å². The second-order valence-corrected chi connectivity index (χ2v) is 4.95. The van der Waals surface area contributed by atoms with E-state index >= 15 is 0 Å². The van der Waals surface area contributed by atoms with Gasteiger partial charge in [0.25, 0.3) is 0 Å². The van der Waals surface area contributed by atoms with Crippen LogP contribution in [0.4, 0.5) is 0 Å². The van der Waals surface area contributed by atoms with Gasteiger partial charge in [-0.15, -0.1) is 12.4 Å². The van der Waals surface area contributed by atoms with Crippen LogP contribution in [0.25, 0.3) is 10.9 Å². The number of benzene rings is 1. The number of hydrogen-bond donors (Lipinski definition) is 2. The SMILES string of the molecule is CC1CC(NCc2ccc3cn[nH]c3c2)C1.Cl. The van der Waals surface area contributed by atoms with Gasteiger partial charge in [-0.1, -0.05) is 19.1 Å². The number of fused-ring (bicyclic) bond motifs is 1. The molecule has 2 N–H and O–H groups in total. The smallest absolute Gasteiger partial charge is 0.0653 e. The van der Waals surface area contributed by atoms with Crippen LogP contribution >= 0.6 is 12.4 Å². The molecule has 17 heavy (non-hydrogen) atoms. The van der Waals surface area contributed by atoms with Gasteiger partial charge in [0.05, 0.1) is 11.7 Å². The molecular weight excluding hydrogens is 234 g/mol. The monoisotopic (exact) mass is 251 g/mol. The van der Waals surface area contributed by atoms with E-state index in [-0.39, 0.29) is 12.4 Å². The fourth-order valence-electron chi connectivity index (χ4n) is 2.43. The fourth-order valence-corrected chi connectivity index (χ4v) is 2.43. The topological polar surface area (TPSA) is 40.7 Å². The number of aromatic nitrogens is 2. The van der Waals surface area contributed by atoms with Gasteiger partial charge in [0.1, 0.15) is 0 Å². The van der Waals surface area contributed by atoms with Crippen molar-refractivity contribution < 1.29 is 0 Å². The van der Waals surface area contributed by atoms with Crippen LogP contribution in [-0.4, -0.2) is 16.2 Å². The first-order valence-corrected chi connectivity index (χ1v) is 5.96. The normalized spacial score (nSPS) is 23.1. The fraction of sp³-hybridized carbons (Fsp3) is 0.462. The molecule has 0 amide bonds. The van der Waals surface area contributed by atoms with Crippen molar-refractivity contribution in [1.82, 2.24) is 15.5 Å². The zero-order valence-electron chi connectivity index (χ0n) is 9.94. The maximum atomic E-state index is 4.03. The molecule has 3 rings (SSSR count). The summed E-state index contributed by atoms with van der Waals surface area (Å²) in [5, 5.41) is 11.8. The van der Waals surface area contributed by atoms with E-state index in [4.69, 9.17) is 0 Å². The summed E-state index contributed by atoms with van der Waals surface area (Å²) in [6.07, 6.45) is 4.51. The van der Waals surface area contributed by atoms with Crippen LogP contribution in [0.3, 0.4) is 0 Å². The van der Waals surface area contributed by atoms with Gasteiger partial charge in [0.15, 0.2) is 0 Å². The largest absolute Gasteiger partial charge is 0.310 e. The van der Waals surface area contributed by atoms with E-state index in [1.807, 2.05) is 6.20 Å². The lowest BCUT2D eigenvalue weighted by molar-refractivity contribution is 0.240. The Bertz CT molecular complexity index is 488. The molecule has 1 saturated carbocycles. The lowest BCUT2D eigenvalue weighted by Crippen LogP contribution is -2.39. The third-order valence-electron chi connectivity index (χ3n) is 3.47. The molecule has 1 aromatic heterocycles. The number of nitrogens with zero attached hydrogens (tertiary/aromatic N) is 1. The Labute approximate surface area is 107 Å². The molecule has 1 aliphatic rings. The predicted octanol–water partition coefficient (Wildman–Crippen LogP) is 2.87. The van der Waals surface area contributed by atoms with Crippen molar-refractivity contribution in [2.45, 2.75) is 32.4 Å². The van der Waals surface area contributed by atoms with E-state index in [1.54, 1.807) is 0 Å².